The van der Waals surface area contributed by atoms with E-state index in [0.717, 1.165) is 0 Å². The molecule has 2 rings (SSSR count). The van der Waals surface area contributed by atoms with E-state index in [1.165, 1.54) is 12.1 Å². The van der Waals surface area contributed by atoms with E-state index in [1.807, 2.05) is 30.3 Å². The van der Waals surface area contributed by atoms with Crippen molar-refractivity contribution in [3.8, 4) is 23.8 Å². The molecule has 0 atom stereocenters. The Morgan fingerprint density at radius 1 is 0.947 bits per heavy atom. The highest BCUT2D eigenvalue weighted by atomic mass is 32.2. The lowest BCUT2D eigenvalue weighted by Crippen LogP contribution is -2.04. The summed E-state index contributed by atoms with van der Waals surface area (Å²) in [5.41, 5.74) is 0. The molecule has 0 radical (unpaired) electrons. The van der Waals surface area contributed by atoms with Crippen LogP contribution in [0.5, 0.6) is 11.5 Å². The lowest BCUT2D eigenvalue weighted by atomic mass is 10.3. The lowest BCUT2D eigenvalue weighted by Gasteiger charge is -2.06. The Balaban J connectivity index is 2.18. The third kappa shape index (κ3) is 3.36. The maximum Gasteiger partial charge on any atom is 0.189 e. The molecule has 0 fully saturated rings. The van der Waals surface area contributed by atoms with Crippen LogP contribution in [0.4, 0.5) is 0 Å². The molecule has 0 saturated carbocycles. The Kier molecular flexibility index (Phi) is 3.88. The zero-order chi connectivity index (χ0) is 13.7. The minimum Gasteiger partial charge on any atom is -0.457 e. The fourth-order valence-electron chi connectivity index (χ4n) is 1.53. The maximum atomic E-state index is 11.7. The van der Waals surface area contributed by atoms with Gasteiger partial charge in [-0.05, 0) is 36.4 Å². The first-order valence-corrected chi connectivity index (χ1v) is 7.26. The predicted octanol–water partition coefficient (Wildman–Crippen LogP) is 2.89. The molecule has 0 spiro atoms. The molecule has 0 amide bonds. The molecule has 0 aliphatic carbocycles. The quantitative estimate of drug-likeness (QED) is 0.804. The molecule has 0 bridgehead atoms. The van der Waals surface area contributed by atoms with Crippen molar-refractivity contribution in [1.82, 2.24) is 0 Å². The first-order chi connectivity index (χ1) is 9.12. The van der Waals surface area contributed by atoms with Crippen molar-refractivity contribution in [1.29, 1.82) is 0 Å². The number of sulfone groups is 1. The largest absolute Gasteiger partial charge is 0.457 e. The van der Waals surface area contributed by atoms with Crippen LogP contribution in [0, 0.1) is 12.3 Å². The van der Waals surface area contributed by atoms with Crippen LogP contribution in [0.25, 0.3) is 0 Å². The molecule has 3 nitrogen and oxygen atoms in total. The molecule has 2 aromatic rings. The Hall–Kier alpha value is -2.25. The number of para-hydroxylation sites is 1. The van der Waals surface area contributed by atoms with Crippen molar-refractivity contribution < 1.29 is 13.2 Å². The van der Waals surface area contributed by atoms with E-state index in [-0.39, 0.29) is 10.6 Å². The highest BCUT2D eigenvalue weighted by Gasteiger charge is 2.12. The molecular weight excluding hydrogens is 260 g/mol. The van der Waals surface area contributed by atoms with Gasteiger partial charge >= 0.3 is 0 Å². The molecule has 0 aliphatic rings. The summed E-state index contributed by atoms with van der Waals surface area (Å²) in [7, 11) is -3.39. The molecular formula is C15H12O3S. The van der Waals surface area contributed by atoms with Crippen LogP contribution >= 0.6 is 0 Å². The van der Waals surface area contributed by atoms with E-state index in [0.29, 0.717) is 11.5 Å². The number of ether oxygens (including phenoxy) is 1. The summed E-state index contributed by atoms with van der Waals surface area (Å²) in [6, 6.07) is 15.5. The van der Waals surface area contributed by atoms with E-state index in [9.17, 15) is 8.42 Å². The summed E-state index contributed by atoms with van der Waals surface area (Å²) < 4.78 is 29.0. The summed E-state index contributed by atoms with van der Waals surface area (Å²) in [6.07, 6.45) is 5.03. The third-order valence-electron chi connectivity index (χ3n) is 2.44. The van der Waals surface area contributed by atoms with Crippen LogP contribution in [0.1, 0.15) is 0 Å². The Morgan fingerprint density at radius 3 is 2.11 bits per heavy atom. The predicted molar refractivity (Wildman–Crippen MR) is 73.8 cm³/mol. The van der Waals surface area contributed by atoms with Crippen LogP contribution in [0.2, 0.25) is 0 Å². The Morgan fingerprint density at radius 2 is 1.53 bits per heavy atom. The van der Waals surface area contributed by atoms with Gasteiger partial charge in [-0.3, -0.25) is 0 Å². The fourth-order valence-corrected chi connectivity index (χ4v) is 2.47. The summed E-state index contributed by atoms with van der Waals surface area (Å²) in [6.45, 7) is 0. The normalized spacial score (nSPS) is 10.7. The minimum atomic E-state index is -3.39. The van der Waals surface area contributed by atoms with E-state index < -0.39 is 9.84 Å². The fraction of sp³-hybridized carbons (Fsp3) is 0.0667. The van der Waals surface area contributed by atoms with Crippen molar-refractivity contribution in [2.24, 2.45) is 0 Å². The van der Waals surface area contributed by atoms with Gasteiger partial charge < -0.3 is 4.74 Å². The van der Waals surface area contributed by atoms with E-state index in [2.05, 4.69) is 5.92 Å². The lowest BCUT2D eigenvalue weighted by molar-refractivity contribution is 0.482. The van der Waals surface area contributed by atoms with Crippen LogP contribution in [-0.4, -0.2) is 14.2 Å². The number of terminal acetylenes is 1. The van der Waals surface area contributed by atoms with Gasteiger partial charge in [-0.25, -0.2) is 8.42 Å². The molecule has 0 N–H and O–H groups in total. The maximum absolute atomic E-state index is 11.7. The van der Waals surface area contributed by atoms with Gasteiger partial charge in [0.05, 0.1) is 4.90 Å². The van der Waals surface area contributed by atoms with Crippen LogP contribution < -0.4 is 4.74 Å². The molecule has 0 heterocycles. The van der Waals surface area contributed by atoms with Gasteiger partial charge in [-0.1, -0.05) is 24.1 Å². The second-order valence-electron chi connectivity index (χ2n) is 3.85. The average molecular weight is 272 g/mol. The zero-order valence-corrected chi connectivity index (χ0v) is 10.9. The monoisotopic (exact) mass is 272 g/mol. The van der Waals surface area contributed by atoms with Gasteiger partial charge in [0.2, 0.25) is 0 Å². The molecule has 0 unspecified atom stereocenters. The van der Waals surface area contributed by atoms with Crippen molar-refractivity contribution in [2.75, 3.05) is 5.75 Å². The molecule has 96 valence electrons. The number of hydrogen-bond acceptors (Lipinski definition) is 3. The highest BCUT2D eigenvalue weighted by Crippen LogP contribution is 2.22. The Labute approximate surface area is 112 Å². The van der Waals surface area contributed by atoms with Gasteiger partial charge in [0.25, 0.3) is 0 Å². The van der Waals surface area contributed by atoms with Gasteiger partial charge in [0.1, 0.15) is 17.3 Å². The molecule has 0 aromatic heterocycles. The highest BCUT2D eigenvalue weighted by molar-refractivity contribution is 7.91. The van der Waals surface area contributed by atoms with Gasteiger partial charge in [0, 0.05) is 0 Å². The Bertz CT molecular complexity index is 680. The molecule has 4 heteroatoms. The molecule has 2 aromatic carbocycles. The second kappa shape index (κ2) is 5.59. The smallest absolute Gasteiger partial charge is 0.189 e. The molecule has 0 aliphatic heterocycles. The van der Waals surface area contributed by atoms with Crippen molar-refractivity contribution in [3.05, 3.63) is 54.6 Å². The topological polar surface area (TPSA) is 43.4 Å². The number of hydrogen-bond donors (Lipinski definition) is 0. The molecule has 0 saturated heterocycles. The van der Waals surface area contributed by atoms with E-state index in [4.69, 9.17) is 11.2 Å². The van der Waals surface area contributed by atoms with Gasteiger partial charge in [-0.15, -0.1) is 6.42 Å². The summed E-state index contributed by atoms with van der Waals surface area (Å²) in [5, 5.41) is 0. The van der Waals surface area contributed by atoms with E-state index >= 15 is 0 Å². The standard InChI is InChI=1S/C15H12O3S/c1-2-12-19(16,17)15-10-8-14(9-11-15)18-13-6-4-3-5-7-13/h1,3-11H,12H2. The molecule has 19 heavy (non-hydrogen) atoms. The van der Waals surface area contributed by atoms with Crippen LogP contribution in [0.3, 0.4) is 0 Å². The van der Waals surface area contributed by atoms with Crippen molar-refractivity contribution in [3.63, 3.8) is 0 Å². The van der Waals surface area contributed by atoms with Gasteiger partial charge in [-0.2, -0.15) is 0 Å². The number of benzene rings is 2. The summed E-state index contributed by atoms with van der Waals surface area (Å²) >= 11 is 0. The van der Waals surface area contributed by atoms with Crippen molar-refractivity contribution in [2.45, 2.75) is 4.90 Å². The average Bonchev–Trinajstić information content (AvgIpc) is 2.40. The first kappa shape index (κ1) is 13.2. The summed E-state index contributed by atoms with van der Waals surface area (Å²) in [4.78, 5) is 0.200. The van der Waals surface area contributed by atoms with Gasteiger partial charge in [0.15, 0.2) is 9.84 Å². The van der Waals surface area contributed by atoms with E-state index in [1.54, 1.807) is 12.1 Å². The second-order valence-corrected chi connectivity index (χ2v) is 5.84. The first-order valence-electron chi connectivity index (χ1n) is 5.61. The minimum absolute atomic E-state index is 0.200. The zero-order valence-electron chi connectivity index (χ0n) is 10.1. The van der Waals surface area contributed by atoms with Crippen molar-refractivity contribution >= 4 is 9.84 Å². The number of rotatable bonds is 4. The van der Waals surface area contributed by atoms with Crippen LogP contribution in [0.15, 0.2) is 59.5 Å². The third-order valence-corrected chi connectivity index (χ3v) is 3.97. The SMILES string of the molecule is C#CCS(=O)(=O)c1ccc(Oc2ccccc2)cc1. The summed E-state index contributed by atoms with van der Waals surface area (Å²) in [5.74, 6) is 3.11. The van der Waals surface area contributed by atoms with Crippen LogP contribution in [-0.2, 0) is 9.84 Å².